The van der Waals surface area contributed by atoms with Gasteiger partial charge in [0.1, 0.15) is 30.0 Å². The zero-order chi connectivity index (χ0) is 23.2. The van der Waals surface area contributed by atoms with Crippen LogP contribution in [0.15, 0.2) is 42.5 Å². The van der Waals surface area contributed by atoms with E-state index >= 15 is 0 Å². The maximum Gasteiger partial charge on any atom is 0.252 e. The Bertz CT molecular complexity index is 994. The van der Waals surface area contributed by atoms with Crippen LogP contribution >= 0.6 is 0 Å². The fourth-order valence-electron chi connectivity index (χ4n) is 2.56. The summed E-state index contributed by atoms with van der Waals surface area (Å²) < 4.78 is 35.6. The number of rotatable bonds is 11. The molecular formula is C20H27N3O7S. The molecule has 1 amide bonds. The predicted molar refractivity (Wildman–Crippen MR) is 116 cm³/mol. The van der Waals surface area contributed by atoms with Gasteiger partial charge in [0.15, 0.2) is 6.23 Å². The zero-order valence-corrected chi connectivity index (χ0v) is 18.3. The molecule has 0 radical (unpaired) electrons. The van der Waals surface area contributed by atoms with Crippen molar-refractivity contribution in [1.82, 2.24) is 5.32 Å². The van der Waals surface area contributed by atoms with E-state index in [1.54, 1.807) is 31.2 Å². The molecule has 0 spiro atoms. The van der Waals surface area contributed by atoms with Crippen LogP contribution in [0.5, 0.6) is 17.2 Å². The number of nitrogens with one attached hydrogen (secondary N) is 1. The molecule has 11 heteroatoms. The van der Waals surface area contributed by atoms with Crippen LogP contribution in [0.2, 0.25) is 0 Å². The number of primary amides is 1. The monoisotopic (exact) mass is 453 g/mol. The van der Waals surface area contributed by atoms with Gasteiger partial charge in [0, 0.05) is 13.6 Å². The number of amides is 1. The molecule has 2 aromatic carbocycles. The third kappa shape index (κ3) is 7.02. The van der Waals surface area contributed by atoms with Gasteiger partial charge in [-0.1, -0.05) is 0 Å². The number of aliphatic hydroxyl groups excluding tert-OH is 1. The van der Waals surface area contributed by atoms with E-state index in [2.05, 4.69) is 5.32 Å². The van der Waals surface area contributed by atoms with Crippen molar-refractivity contribution in [1.29, 1.82) is 0 Å². The third-order valence-electron chi connectivity index (χ3n) is 4.35. The van der Waals surface area contributed by atoms with Crippen LogP contribution in [-0.4, -0.2) is 63.3 Å². The first kappa shape index (κ1) is 24.3. The number of anilines is 1. The number of ether oxygens (including phenoxy) is 2. The van der Waals surface area contributed by atoms with Crippen LogP contribution in [0.3, 0.4) is 0 Å². The molecular weight excluding hydrogens is 426 g/mol. The van der Waals surface area contributed by atoms with Crippen LogP contribution in [0.25, 0.3) is 0 Å². The lowest BCUT2D eigenvalue weighted by Crippen LogP contribution is -2.44. The first-order valence-electron chi connectivity index (χ1n) is 9.36. The largest absolute Gasteiger partial charge is 0.507 e. The highest BCUT2D eigenvalue weighted by molar-refractivity contribution is 7.92. The van der Waals surface area contributed by atoms with Crippen LogP contribution in [0, 0.1) is 0 Å². The van der Waals surface area contributed by atoms with Crippen molar-refractivity contribution >= 4 is 21.6 Å². The van der Waals surface area contributed by atoms with Gasteiger partial charge in [-0.2, -0.15) is 0 Å². The topological polar surface area (TPSA) is 151 Å². The quantitative estimate of drug-likeness (QED) is 0.286. The molecule has 0 bridgehead atoms. The molecule has 0 aliphatic rings. The SMILES string of the molecule is CC(O)C(NCCOc1ccc(O)c(C(N)=O)c1)Oc1ccc(N(C)S(C)(=O)=O)cc1. The Labute approximate surface area is 181 Å². The molecule has 2 atom stereocenters. The lowest BCUT2D eigenvalue weighted by molar-refractivity contribution is 0.0251. The predicted octanol–water partition coefficient (Wildman–Crippen LogP) is 0.641. The van der Waals surface area contributed by atoms with E-state index in [-0.39, 0.29) is 17.9 Å². The first-order chi connectivity index (χ1) is 14.5. The molecule has 2 aromatic rings. The molecule has 5 N–H and O–H groups in total. The lowest BCUT2D eigenvalue weighted by Gasteiger charge is -2.23. The molecule has 2 unspecified atom stereocenters. The fourth-order valence-corrected chi connectivity index (χ4v) is 3.06. The average Bonchev–Trinajstić information content (AvgIpc) is 2.70. The Kier molecular flexibility index (Phi) is 8.08. The Morgan fingerprint density at radius 2 is 1.81 bits per heavy atom. The zero-order valence-electron chi connectivity index (χ0n) is 17.5. The van der Waals surface area contributed by atoms with Gasteiger partial charge in [-0.15, -0.1) is 0 Å². The minimum atomic E-state index is -3.37. The number of carbonyl (C=O) groups excluding carboxylic acids is 1. The molecule has 31 heavy (non-hydrogen) atoms. The highest BCUT2D eigenvalue weighted by atomic mass is 32.2. The number of sulfonamides is 1. The summed E-state index contributed by atoms with van der Waals surface area (Å²) in [7, 11) is -1.92. The van der Waals surface area contributed by atoms with Crippen molar-refractivity contribution in [2.45, 2.75) is 19.3 Å². The van der Waals surface area contributed by atoms with E-state index in [0.717, 1.165) is 10.6 Å². The van der Waals surface area contributed by atoms with E-state index in [1.807, 2.05) is 0 Å². The number of hydrogen-bond acceptors (Lipinski definition) is 8. The van der Waals surface area contributed by atoms with Crippen LogP contribution in [0.4, 0.5) is 5.69 Å². The number of aliphatic hydroxyl groups is 1. The normalized spacial score (nSPS) is 13.3. The van der Waals surface area contributed by atoms with Gasteiger partial charge >= 0.3 is 0 Å². The smallest absolute Gasteiger partial charge is 0.252 e. The summed E-state index contributed by atoms with van der Waals surface area (Å²) in [6.45, 7) is 2.05. The second-order valence-electron chi connectivity index (χ2n) is 6.85. The number of nitrogens with two attached hydrogens (primary N) is 1. The van der Waals surface area contributed by atoms with E-state index in [0.29, 0.717) is 23.7 Å². The lowest BCUT2D eigenvalue weighted by atomic mass is 10.2. The number of nitrogens with zero attached hydrogens (tertiary/aromatic N) is 1. The Hall–Kier alpha value is -3.02. The molecule has 0 saturated heterocycles. The summed E-state index contributed by atoms with van der Waals surface area (Å²) in [6.07, 6.45) is -0.490. The van der Waals surface area contributed by atoms with E-state index in [4.69, 9.17) is 15.2 Å². The Morgan fingerprint density at radius 1 is 1.19 bits per heavy atom. The number of benzene rings is 2. The maximum atomic E-state index is 11.6. The molecule has 0 aliphatic carbocycles. The van der Waals surface area contributed by atoms with Gasteiger partial charge in [-0.25, -0.2) is 8.42 Å². The van der Waals surface area contributed by atoms with Gasteiger partial charge in [0.05, 0.1) is 17.5 Å². The van der Waals surface area contributed by atoms with Gasteiger partial charge in [-0.05, 0) is 49.4 Å². The van der Waals surface area contributed by atoms with Gasteiger partial charge in [-0.3, -0.25) is 14.4 Å². The van der Waals surface area contributed by atoms with Crippen LogP contribution < -0.4 is 24.8 Å². The highest BCUT2D eigenvalue weighted by Gasteiger charge is 2.17. The number of hydrogen-bond donors (Lipinski definition) is 4. The van der Waals surface area contributed by atoms with E-state index in [9.17, 15) is 23.4 Å². The van der Waals surface area contributed by atoms with Crippen molar-refractivity contribution < 1.29 is 32.9 Å². The Balaban J connectivity index is 1.91. The van der Waals surface area contributed by atoms with Gasteiger partial charge < -0.3 is 25.4 Å². The maximum absolute atomic E-state index is 11.6. The number of carbonyl (C=O) groups is 1. The second kappa shape index (κ2) is 10.3. The summed E-state index contributed by atoms with van der Waals surface area (Å²) in [5.74, 6) is -0.199. The van der Waals surface area contributed by atoms with Crippen molar-refractivity contribution in [2.24, 2.45) is 5.73 Å². The Morgan fingerprint density at radius 3 is 2.35 bits per heavy atom. The van der Waals surface area contributed by atoms with Gasteiger partial charge in [0.25, 0.3) is 5.91 Å². The van der Waals surface area contributed by atoms with Crippen molar-refractivity contribution in [3.8, 4) is 17.2 Å². The van der Waals surface area contributed by atoms with Crippen molar-refractivity contribution in [2.75, 3.05) is 30.8 Å². The molecule has 0 aliphatic heterocycles. The van der Waals surface area contributed by atoms with E-state index in [1.165, 1.54) is 25.2 Å². The molecule has 10 nitrogen and oxygen atoms in total. The van der Waals surface area contributed by atoms with E-state index < -0.39 is 28.3 Å². The van der Waals surface area contributed by atoms with Gasteiger partial charge in [0.2, 0.25) is 10.0 Å². The number of phenols is 1. The third-order valence-corrected chi connectivity index (χ3v) is 5.55. The summed E-state index contributed by atoms with van der Waals surface area (Å²) in [4.78, 5) is 11.3. The van der Waals surface area contributed by atoms with Crippen molar-refractivity contribution in [3.05, 3.63) is 48.0 Å². The highest BCUT2D eigenvalue weighted by Crippen LogP contribution is 2.23. The summed E-state index contributed by atoms with van der Waals surface area (Å²) in [5.41, 5.74) is 5.63. The second-order valence-corrected chi connectivity index (χ2v) is 8.86. The van der Waals surface area contributed by atoms with Crippen molar-refractivity contribution in [3.63, 3.8) is 0 Å². The molecule has 0 heterocycles. The van der Waals surface area contributed by atoms with Crippen LogP contribution in [0.1, 0.15) is 17.3 Å². The summed E-state index contributed by atoms with van der Waals surface area (Å²) in [6, 6.07) is 10.6. The summed E-state index contributed by atoms with van der Waals surface area (Å²) in [5, 5.41) is 22.6. The molecule has 170 valence electrons. The average molecular weight is 454 g/mol. The molecule has 0 aromatic heterocycles. The first-order valence-corrected chi connectivity index (χ1v) is 11.2. The summed E-state index contributed by atoms with van der Waals surface area (Å²) >= 11 is 0. The number of aromatic hydroxyl groups is 1. The van der Waals surface area contributed by atoms with Crippen LogP contribution in [-0.2, 0) is 10.0 Å². The standard InChI is InChI=1S/C20H27N3O7S/c1-13(24)20(30-15-6-4-14(5-7-15)23(2)31(3,27)28)22-10-11-29-16-8-9-18(25)17(12-16)19(21)26/h4-9,12-13,20,22,24-25H,10-11H2,1-3H3,(H2,21,26). The molecule has 0 saturated carbocycles. The minimum Gasteiger partial charge on any atom is -0.507 e. The molecule has 2 rings (SSSR count). The minimum absolute atomic E-state index is 0.0411. The molecule has 0 fully saturated rings. The fraction of sp³-hybridized carbons (Fsp3) is 0.350.